The number of halogens is 1. The van der Waals surface area contributed by atoms with Crippen LogP contribution < -0.4 is 0 Å². The zero-order chi connectivity index (χ0) is 8.10. The summed E-state index contributed by atoms with van der Waals surface area (Å²) in [7, 11) is 0. The smallest absolute Gasteiger partial charge is 0.101 e. The topological polar surface area (TPSA) is 39.6 Å². The number of aromatic nitrogens is 1. The fraction of sp³-hybridized carbons (Fsp3) is 0.125. The van der Waals surface area contributed by atoms with E-state index in [0.717, 1.165) is 5.69 Å². The number of nitriles is 1. The van der Waals surface area contributed by atoms with Crippen molar-refractivity contribution in [1.82, 2.24) is 4.98 Å². The molecule has 1 heterocycles. The SMILES string of the molecule is N#Cc1cc[nH]c1CC#CI. The van der Waals surface area contributed by atoms with Gasteiger partial charge in [-0.05, 0) is 9.99 Å². The van der Waals surface area contributed by atoms with Gasteiger partial charge in [0.15, 0.2) is 0 Å². The second-order valence-electron chi connectivity index (χ2n) is 1.93. The lowest BCUT2D eigenvalue weighted by Crippen LogP contribution is -1.84. The summed E-state index contributed by atoms with van der Waals surface area (Å²) in [5, 5.41) is 8.59. The molecule has 2 nitrogen and oxygen atoms in total. The van der Waals surface area contributed by atoms with Gasteiger partial charge in [-0.15, -0.1) is 0 Å². The van der Waals surface area contributed by atoms with Crippen LogP contribution in [0.5, 0.6) is 0 Å². The molecular weight excluding hydrogens is 251 g/mol. The first-order chi connectivity index (χ1) is 5.38. The molecule has 0 atom stereocenters. The van der Waals surface area contributed by atoms with Crippen LogP contribution in [-0.4, -0.2) is 4.98 Å². The third-order valence-corrected chi connectivity index (χ3v) is 1.67. The predicted octanol–water partition coefficient (Wildman–Crippen LogP) is 1.82. The fourth-order valence-corrected chi connectivity index (χ4v) is 0.967. The molecule has 1 aromatic heterocycles. The maximum atomic E-state index is 8.59. The van der Waals surface area contributed by atoms with Gasteiger partial charge in [0.1, 0.15) is 6.07 Å². The maximum Gasteiger partial charge on any atom is 0.101 e. The van der Waals surface area contributed by atoms with Crippen molar-refractivity contribution in [2.75, 3.05) is 0 Å². The first-order valence-electron chi connectivity index (χ1n) is 3.03. The molecule has 0 radical (unpaired) electrons. The van der Waals surface area contributed by atoms with E-state index < -0.39 is 0 Å². The number of nitrogens with one attached hydrogen (secondary N) is 1. The average Bonchev–Trinajstić information content (AvgIpc) is 2.47. The molecular formula is C8H5IN2. The highest BCUT2D eigenvalue weighted by atomic mass is 127. The van der Waals surface area contributed by atoms with Crippen molar-refractivity contribution in [2.45, 2.75) is 6.42 Å². The monoisotopic (exact) mass is 256 g/mol. The molecule has 0 unspecified atom stereocenters. The van der Waals surface area contributed by atoms with Crippen LogP contribution >= 0.6 is 22.6 Å². The first-order valence-corrected chi connectivity index (χ1v) is 4.11. The van der Waals surface area contributed by atoms with Gasteiger partial charge in [0, 0.05) is 34.5 Å². The Morgan fingerprint density at radius 2 is 2.45 bits per heavy atom. The van der Waals surface area contributed by atoms with Crippen LogP contribution in [-0.2, 0) is 6.42 Å². The van der Waals surface area contributed by atoms with Crippen molar-refractivity contribution in [3.63, 3.8) is 0 Å². The van der Waals surface area contributed by atoms with Gasteiger partial charge in [-0.2, -0.15) is 5.26 Å². The number of H-pyrrole nitrogens is 1. The number of aromatic amines is 1. The molecule has 1 aromatic rings. The molecule has 0 aliphatic carbocycles. The Morgan fingerprint density at radius 1 is 1.64 bits per heavy atom. The van der Waals surface area contributed by atoms with Gasteiger partial charge in [0.05, 0.1) is 12.0 Å². The number of rotatable bonds is 1. The van der Waals surface area contributed by atoms with Crippen molar-refractivity contribution in [3.8, 4) is 15.9 Å². The van der Waals surface area contributed by atoms with Gasteiger partial charge < -0.3 is 4.98 Å². The Hall–Kier alpha value is -0.940. The molecule has 0 saturated carbocycles. The van der Waals surface area contributed by atoms with Crippen LogP contribution in [0, 0.1) is 21.2 Å². The third kappa shape index (κ3) is 1.99. The largest absolute Gasteiger partial charge is 0.363 e. The van der Waals surface area contributed by atoms with Crippen molar-refractivity contribution in [1.29, 1.82) is 5.26 Å². The zero-order valence-corrected chi connectivity index (χ0v) is 7.84. The third-order valence-electron chi connectivity index (χ3n) is 1.29. The van der Waals surface area contributed by atoms with E-state index in [1.165, 1.54) is 0 Å². The Balaban J connectivity index is 2.84. The number of hydrogen-bond donors (Lipinski definition) is 1. The quantitative estimate of drug-likeness (QED) is 0.604. The summed E-state index contributed by atoms with van der Waals surface area (Å²) in [6.45, 7) is 0. The highest BCUT2D eigenvalue weighted by Crippen LogP contribution is 2.04. The first kappa shape index (κ1) is 8.16. The average molecular weight is 256 g/mol. The molecule has 0 fully saturated rings. The van der Waals surface area contributed by atoms with E-state index in [1.54, 1.807) is 12.3 Å². The maximum absolute atomic E-state index is 8.59. The minimum absolute atomic E-state index is 0.624. The predicted molar refractivity (Wildman–Crippen MR) is 51.0 cm³/mol. The van der Waals surface area contributed by atoms with Crippen molar-refractivity contribution >= 4 is 22.6 Å². The molecule has 1 N–H and O–H groups in total. The van der Waals surface area contributed by atoms with Gasteiger partial charge in [-0.3, -0.25) is 0 Å². The molecule has 0 bridgehead atoms. The number of nitrogens with zero attached hydrogens (tertiary/aromatic N) is 1. The second-order valence-corrected chi connectivity index (χ2v) is 2.47. The molecule has 0 amide bonds. The fourth-order valence-electron chi connectivity index (χ4n) is 0.777. The summed E-state index contributed by atoms with van der Waals surface area (Å²) < 4.78 is 2.75. The van der Waals surface area contributed by atoms with E-state index in [4.69, 9.17) is 5.26 Å². The summed E-state index contributed by atoms with van der Waals surface area (Å²) >= 11 is 1.98. The van der Waals surface area contributed by atoms with Crippen LogP contribution in [0.2, 0.25) is 0 Å². The van der Waals surface area contributed by atoms with Crippen LogP contribution in [0.4, 0.5) is 0 Å². The van der Waals surface area contributed by atoms with E-state index in [9.17, 15) is 0 Å². The minimum atomic E-state index is 0.624. The van der Waals surface area contributed by atoms with Gasteiger partial charge in [0.25, 0.3) is 0 Å². The van der Waals surface area contributed by atoms with Crippen molar-refractivity contribution in [2.24, 2.45) is 0 Å². The summed E-state index contributed by atoms with van der Waals surface area (Å²) in [6.07, 6.45) is 2.38. The molecule has 11 heavy (non-hydrogen) atoms. The van der Waals surface area contributed by atoms with E-state index in [-0.39, 0.29) is 0 Å². The summed E-state index contributed by atoms with van der Waals surface area (Å²) in [5.74, 6) is 2.88. The van der Waals surface area contributed by atoms with E-state index in [2.05, 4.69) is 20.9 Å². The number of hydrogen-bond acceptors (Lipinski definition) is 1. The summed E-state index contributed by atoms with van der Waals surface area (Å²) in [5.41, 5.74) is 1.58. The lowest BCUT2D eigenvalue weighted by molar-refractivity contribution is 1.17. The zero-order valence-electron chi connectivity index (χ0n) is 5.69. The van der Waals surface area contributed by atoms with Crippen LogP contribution in [0.3, 0.4) is 0 Å². The summed E-state index contributed by atoms with van der Waals surface area (Å²) in [4.78, 5) is 2.96. The molecule has 3 heteroatoms. The van der Waals surface area contributed by atoms with Crippen LogP contribution in [0.15, 0.2) is 12.3 Å². The molecule has 0 spiro atoms. The Labute approximate surface area is 78.8 Å². The Morgan fingerprint density at radius 3 is 3.09 bits per heavy atom. The van der Waals surface area contributed by atoms with Crippen molar-refractivity contribution in [3.05, 3.63) is 23.5 Å². The second kappa shape index (κ2) is 4.05. The Bertz CT molecular complexity index is 335. The molecule has 1 rings (SSSR count). The molecule has 0 aliphatic heterocycles. The van der Waals surface area contributed by atoms with Gasteiger partial charge in [0.2, 0.25) is 0 Å². The van der Waals surface area contributed by atoms with Crippen LogP contribution in [0.1, 0.15) is 11.3 Å². The highest BCUT2D eigenvalue weighted by molar-refractivity contribution is 14.1. The molecule has 54 valence electrons. The minimum Gasteiger partial charge on any atom is -0.363 e. The van der Waals surface area contributed by atoms with Crippen molar-refractivity contribution < 1.29 is 0 Å². The lowest BCUT2D eigenvalue weighted by Gasteiger charge is -1.87. The van der Waals surface area contributed by atoms with Crippen LogP contribution in [0.25, 0.3) is 0 Å². The van der Waals surface area contributed by atoms with Gasteiger partial charge in [-0.25, -0.2) is 0 Å². The van der Waals surface area contributed by atoms with Gasteiger partial charge in [-0.1, -0.05) is 5.92 Å². The van der Waals surface area contributed by atoms with E-state index >= 15 is 0 Å². The Kier molecular flexibility index (Phi) is 3.00. The lowest BCUT2D eigenvalue weighted by atomic mass is 10.2. The molecule has 0 aliphatic rings. The van der Waals surface area contributed by atoms with Gasteiger partial charge >= 0.3 is 0 Å². The summed E-state index contributed by atoms with van der Waals surface area (Å²) in [6, 6.07) is 3.84. The standard InChI is InChI=1S/C8H5IN2/c9-4-1-2-8-7(6-10)3-5-11-8/h3,5,11H,2H2. The normalized spacial score (nSPS) is 8.00. The molecule has 0 saturated heterocycles. The van der Waals surface area contributed by atoms with E-state index in [1.807, 2.05) is 22.6 Å². The molecule has 0 aromatic carbocycles. The van der Waals surface area contributed by atoms with E-state index in [0.29, 0.717) is 12.0 Å². The highest BCUT2D eigenvalue weighted by Gasteiger charge is 1.98.